The second kappa shape index (κ2) is 7.56. The van der Waals surface area contributed by atoms with E-state index in [0.29, 0.717) is 11.1 Å². The Morgan fingerprint density at radius 1 is 1.14 bits per heavy atom. The van der Waals surface area contributed by atoms with Gasteiger partial charge in [-0.05, 0) is 25.1 Å². The van der Waals surface area contributed by atoms with Gasteiger partial charge in [0.25, 0.3) is 5.69 Å². The van der Waals surface area contributed by atoms with E-state index < -0.39 is 4.92 Å². The van der Waals surface area contributed by atoms with Crippen molar-refractivity contribution >= 4 is 17.3 Å². The zero-order valence-corrected chi connectivity index (χ0v) is 13.3. The number of halogens is 1. The minimum absolute atomic E-state index is 0. The molecule has 2 rings (SSSR count). The third-order valence-electron chi connectivity index (χ3n) is 2.99. The van der Waals surface area contributed by atoms with Crippen LogP contribution in [0.25, 0.3) is 0 Å². The maximum Gasteiger partial charge on any atom is 0.269 e. The molecule has 2 aromatic rings. The van der Waals surface area contributed by atoms with Crippen LogP contribution >= 0.6 is 0 Å². The lowest BCUT2D eigenvalue weighted by Crippen LogP contribution is -3.00. The number of ketones is 2. The molecular weight excluding hydrogens is 352 g/mol. The fourth-order valence-corrected chi connectivity index (χ4v) is 1.85. The van der Waals surface area contributed by atoms with Gasteiger partial charge < -0.3 is 17.0 Å². The van der Waals surface area contributed by atoms with Gasteiger partial charge in [0.2, 0.25) is 12.3 Å². The van der Waals surface area contributed by atoms with Crippen LogP contribution in [0.4, 0.5) is 5.69 Å². The predicted octanol–water partition coefficient (Wildman–Crippen LogP) is -1.03. The van der Waals surface area contributed by atoms with E-state index in [1.807, 2.05) is 0 Å². The van der Waals surface area contributed by atoms with Crippen molar-refractivity contribution in [2.75, 3.05) is 0 Å². The first kappa shape index (κ1) is 17.6. The molecule has 0 unspecified atom stereocenters. The summed E-state index contributed by atoms with van der Waals surface area (Å²) in [5.74, 6) is -0.261. The zero-order chi connectivity index (χ0) is 15.4. The summed E-state index contributed by atoms with van der Waals surface area (Å²) in [7, 11) is 0. The number of carbonyl (C=O) groups is 2. The van der Waals surface area contributed by atoms with E-state index >= 15 is 0 Å². The van der Waals surface area contributed by atoms with Crippen molar-refractivity contribution in [1.82, 2.24) is 0 Å². The minimum Gasteiger partial charge on any atom is -1.00 e. The molecule has 1 aromatic heterocycles. The molecule has 22 heavy (non-hydrogen) atoms. The molecule has 0 fully saturated rings. The number of carbonyl (C=O) groups excluding carboxylic acids is 2. The Morgan fingerprint density at radius 3 is 2.32 bits per heavy atom. The van der Waals surface area contributed by atoms with Gasteiger partial charge in [0.1, 0.15) is 0 Å². The minimum atomic E-state index is -0.515. The third kappa shape index (κ3) is 4.29. The van der Waals surface area contributed by atoms with Crippen LogP contribution in [-0.4, -0.2) is 16.5 Å². The molecule has 0 saturated heterocycles. The molecule has 0 bridgehead atoms. The lowest BCUT2D eigenvalue weighted by atomic mass is 10.1. The highest BCUT2D eigenvalue weighted by Gasteiger charge is 2.15. The first-order chi connectivity index (χ1) is 9.97. The number of nitro groups is 1. The highest BCUT2D eigenvalue weighted by Crippen LogP contribution is 2.12. The molecule has 0 atom stereocenters. The van der Waals surface area contributed by atoms with Gasteiger partial charge in [-0.3, -0.25) is 19.7 Å². The quantitative estimate of drug-likeness (QED) is 0.294. The number of nitro benzene ring substituents is 1. The summed E-state index contributed by atoms with van der Waals surface area (Å²) >= 11 is 0. The lowest BCUT2D eigenvalue weighted by Gasteiger charge is -1.99. The van der Waals surface area contributed by atoms with E-state index in [0.717, 1.165) is 0 Å². The van der Waals surface area contributed by atoms with Gasteiger partial charge in [-0.1, -0.05) is 0 Å². The van der Waals surface area contributed by atoms with E-state index in [1.165, 1.54) is 31.2 Å². The molecule has 1 heterocycles. The molecule has 6 nitrogen and oxygen atoms in total. The van der Waals surface area contributed by atoms with Crippen LogP contribution in [0.3, 0.4) is 0 Å². The molecule has 0 saturated carbocycles. The number of nitrogens with zero attached hydrogens (tertiary/aromatic N) is 2. The molecule has 0 aliphatic heterocycles. The third-order valence-corrected chi connectivity index (χ3v) is 2.99. The second-order valence-corrected chi connectivity index (χ2v) is 4.55. The number of rotatable bonds is 5. The normalized spacial score (nSPS) is 9.68. The first-order valence-corrected chi connectivity index (χ1v) is 6.25. The highest BCUT2D eigenvalue weighted by atomic mass is 79.9. The van der Waals surface area contributed by atoms with Crippen molar-refractivity contribution in [1.29, 1.82) is 0 Å². The highest BCUT2D eigenvalue weighted by molar-refractivity contribution is 5.95. The van der Waals surface area contributed by atoms with Gasteiger partial charge in [-0.25, -0.2) is 0 Å². The van der Waals surface area contributed by atoms with Crippen molar-refractivity contribution in [2.24, 2.45) is 0 Å². The lowest BCUT2D eigenvalue weighted by molar-refractivity contribution is -0.683. The SMILES string of the molecule is CC(=O)c1ccc[n+](CC(=O)c2ccc([N+](=O)[O-])cc2)c1.[Br-]. The summed E-state index contributed by atoms with van der Waals surface area (Å²) in [4.78, 5) is 33.4. The van der Waals surface area contributed by atoms with Crippen LogP contribution < -0.4 is 21.5 Å². The van der Waals surface area contributed by atoms with Gasteiger partial charge in [0, 0.05) is 23.8 Å². The van der Waals surface area contributed by atoms with Crippen LogP contribution in [0.5, 0.6) is 0 Å². The Kier molecular flexibility index (Phi) is 6.06. The average Bonchev–Trinajstić information content (AvgIpc) is 2.47. The Labute approximate surface area is 137 Å². The Bertz CT molecular complexity index is 714. The van der Waals surface area contributed by atoms with Gasteiger partial charge in [0.15, 0.2) is 18.2 Å². The topological polar surface area (TPSA) is 81.2 Å². The van der Waals surface area contributed by atoms with Gasteiger partial charge in [0.05, 0.1) is 10.5 Å². The molecule has 0 amide bonds. The van der Waals surface area contributed by atoms with Crippen LogP contribution in [0.15, 0.2) is 48.8 Å². The van der Waals surface area contributed by atoms with Crippen LogP contribution in [0.1, 0.15) is 27.6 Å². The Balaban J connectivity index is 0.00000242. The van der Waals surface area contributed by atoms with Crippen molar-refractivity contribution in [2.45, 2.75) is 13.5 Å². The molecule has 0 spiro atoms. The summed E-state index contributed by atoms with van der Waals surface area (Å²) in [6, 6.07) is 8.81. The summed E-state index contributed by atoms with van der Waals surface area (Å²) in [6.07, 6.45) is 3.29. The largest absolute Gasteiger partial charge is 1.00 e. The zero-order valence-electron chi connectivity index (χ0n) is 11.7. The maximum atomic E-state index is 12.1. The summed E-state index contributed by atoms with van der Waals surface area (Å²) in [5.41, 5.74) is 0.855. The predicted molar refractivity (Wildman–Crippen MR) is 74.1 cm³/mol. The molecular formula is C15H13BrN2O4. The monoisotopic (exact) mass is 364 g/mol. The molecule has 0 aliphatic carbocycles. The van der Waals surface area contributed by atoms with E-state index in [-0.39, 0.29) is 40.8 Å². The van der Waals surface area contributed by atoms with Crippen molar-refractivity contribution in [3.05, 3.63) is 70.0 Å². The van der Waals surface area contributed by atoms with Crippen molar-refractivity contribution in [3.63, 3.8) is 0 Å². The average molecular weight is 365 g/mol. The molecule has 0 aliphatic rings. The van der Waals surface area contributed by atoms with E-state index in [1.54, 1.807) is 29.1 Å². The van der Waals surface area contributed by atoms with Crippen LogP contribution in [0.2, 0.25) is 0 Å². The van der Waals surface area contributed by atoms with Crippen molar-refractivity contribution < 1.29 is 36.1 Å². The molecule has 0 N–H and O–H groups in total. The van der Waals surface area contributed by atoms with Crippen molar-refractivity contribution in [3.8, 4) is 0 Å². The van der Waals surface area contributed by atoms with Crippen LogP contribution in [0, 0.1) is 10.1 Å². The first-order valence-electron chi connectivity index (χ1n) is 6.25. The van der Waals surface area contributed by atoms with E-state index in [4.69, 9.17) is 0 Å². The molecule has 1 aromatic carbocycles. The fraction of sp³-hybridized carbons (Fsp3) is 0.133. The Hall–Kier alpha value is -2.41. The number of non-ortho nitro benzene ring substituents is 1. The van der Waals surface area contributed by atoms with E-state index in [9.17, 15) is 19.7 Å². The second-order valence-electron chi connectivity index (χ2n) is 4.55. The van der Waals surface area contributed by atoms with E-state index in [2.05, 4.69) is 0 Å². The van der Waals surface area contributed by atoms with Gasteiger partial charge >= 0.3 is 0 Å². The molecule has 7 heteroatoms. The molecule has 0 radical (unpaired) electrons. The smallest absolute Gasteiger partial charge is 0.269 e. The Morgan fingerprint density at radius 2 is 1.77 bits per heavy atom. The summed E-state index contributed by atoms with van der Waals surface area (Å²) in [6.45, 7) is 1.52. The van der Waals surface area contributed by atoms with Gasteiger partial charge in [-0.2, -0.15) is 4.57 Å². The molecule has 114 valence electrons. The number of hydrogen-bond donors (Lipinski definition) is 0. The van der Waals surface area contributed by atoms with Crippen LogP contribution in [-0.2, 0) is 6.54 Å². The number of hydrogen-bond acceptors (Lipinski definition) is 4. The number of pyridine rings is 1. The van der Waals surface area contributed by atoms with Gasteiger partial charge in [-0.15, -0.1) is 0 Å². The number of Topliss-reactive ketones (excluding diaryl/α,β-unsaturated/α-hetero) is 2. The number of benzene rings is 1. The fourth-order valence-electron chi connectivity index (χ4n) is 1.85. The summed E-state index contributed by atoms with van der Waals surface area (Å²) < 4.78 is 1.61. The number of aromatic nitrogens is 1. The standard InChI is InChI=1S/C15H13N2O4.BrH/c1-11(18)13-3-2-8-16(9-13)10-15(19)12-4-6-14(7-5-12)17(20)21;/h2-9H,10H2,1H3;1H/q+1;/p-1. The summed E-state index contributed by atoms with van der Waals surface area (Å²) in [5, 5.41) is 10.6. The maximum absolute atomic E-state index is 12.1.